The van der Waals surface area contributed by atoms with Gasteiger partial charge < -0.3 is 9.32 Å². The minimum absolute atomic E-state index is 0.111. The molecule has 5 rings (SSSR count). The lowest BCUT2D eigenvalue weighted by molar-refractivity contribution is 0.0624. The molecule has 0 N–H and O–H groups in total. The zero-order chi connectivity index (χ0) is 21.8. The van der Waals surface area contributed by atoms with Crippen LogP contribution in [0.25, 0.3) is 10.8 Å². The van der Waals surface area contributed by atoms with E-state index in [4.69, 9.17) is 9.40 Å². The quantitative estimate of drug-likeness (QED) is 0.341. The average molecular weight is 483 g/mol. The summed E-state index contributed by atoms with van der Waals surface area (Å²) in [5.74, 6) is 1.69. The molecule has 1 aliphatic rings. The molecule has 32 heavy (non-hydrogen) atoms. The standard InChI is InChI=1S/C23H22N4O2S3/c28-23(19-4-1-2-6-21(19)31-15-18-13-30-16-24-18)27-9-7-26(8-10-27)12-17-14-32-22(25-17)20-5-3-11-29-20/h1-6,11,13-14,16H,7-10,12,15H2. The summed E-state index contributed by atoms with van der Waals surface area (Å²) in [6.45, 7) is 3.92. The largest absolute Gasteiger partial charge is 0.462 e. The maximum atomic E-state index is 13.2. The maximum absolute atomic E-state index is 13.2. The van der Waals surface area contributed by atoms with E-state index in [1.54, 1.807) is 40.7 Å². The fraction of sp³-hybridized carbons (Fsp3) is 0.261. The van der Waals surface area contributed by atoms with Crippen LogP contribution in [0.5, 0.6) is 0 Å². The Morgan fingerprint density at radius 1 is 1.06 bits per heavy atom. The summed E-state index contributed by atoms with van der Waals surface area (Å²) in [6, 6.07) is 11.7. The van der Waals surface area contributed by atoms with Crippen LogP contribution in [0.3, 0.4) is 0 Å². The second kappa shape index (κ2) is 9.99. The molecule has 1 saturated heterocycles. The zero-order valence-corrected chi connectivity index (χ0v) is 19.8. The number of aromatic nitrogens is 2. The molecule has 1 fully saturated rings. The van der Waals surface area contributed by atoms with Crippen molar-refractivity contribution in [2.75, 3.05) is 26.2 Å². The van der Waals surface area contributed by atoms with Gasteiger partial charge in [-0.1, -0.05) is 12.1 Å². The molecule has 9 heteroatoms. The fourth-order valence-electron chi connectivity index (χ4n) is 3.63. The van der Waals surface area contributed by atoms with Gasteiger partial charge >= 0.3 is 0 Å². The number of carbonyl (C=O) groups excluding carboxylic acids is 1. The van der Waals surface area contributed by atoms with Crippen LogP contribution in [0.2, 0.25) is 0 Å². The normalized spacial score (nSPS) is 14.7. The lowest BCUT2D eigenvalue weighted by Crippen LogP contribution is -2.48. The van der Waals surface area contributed by atoms with Gasteiger partial charge in [-0.15, -0.1) is 34.4 Å². The Morgan fingerprint density at radius 3 is 2.72 bits per heavy atom. The van der Waals surface area contributed by atoms with E-state index < -0.39 is 0 Å². The van der Waals surface area contributed by atoms with Crippen molar-refractivity contribution in [2.45, 2.75) is 17.2 Å². The molecular weight excluding hydrogens is 460 g/mol. The second-order valence-corrected chi connectivity index (χ2v) is 10.0. The van der Waals surface area contributed by atoms with E-state index >= 15 is 0 Å². The minimum atomic E-state index is 0.111. The Hall–Kier alpha value is -2.46. The van der Waals surface area contributed by atoms with Crippen molar-refractivity contribution in [1.82, 2.24) is 19.8 Å². The van der Waals surface area contributed by atoms with Gasteiger partial charge in [0.05, 0.1) is 28.7 Å². The van der Waals surface area contributed by atoms with Crippen molar-refractivity contribution in [3.63, 3.8) is 0 Å². The molecule has 1 aromatic carbocycles. The second-order valence-electron chi connectivity index (χ2n) is 7.45. The highest BCUT2D eigenvalue weighted by Gasteiger charge is 2.24. The van der Waals surface area contributed by atoms with Gasteiger partial charge in [0.25, 0.3) is 5.91 Å². The van der Waals surface area contributed by atoms with Crippen LogP contribution in [-0.2, 0) is 12.3 Å². The Labute approximate surface area is 198 Å². The molecule has 0 bridgehead atoms. The Balaban J connectivity index is 1.17. The Morgan fingerprint density at radius 2 is 1.94 bits per heavy atom. The van der Waals surface area contributed by atoms with Gasteiger partial charge in [-0.3, -0.25) is 9.69 Å². The number of benzene rings is 1. The molecule has 0 saturated carbocycles. The molecule has 6 nitrogen and oxygen atoms in total. The number of hydrogen-bond donors (Lipinski definition) is 0. The summed E-state index contributed by atoms with van der Waals surface area (Å²) >= 11 is 4.87. The number of hydrogen-bond acceptors (Lipinski definition) is 8. The Kier molecular flexibility index (Phi) is 6.68. The molecule has 1 amide bonds. The smallest absolute Gasteiger partial charge is 0.255 e. The zero-order valence-electron chi connectivity index (χ0n) is 17.3. The van der Waals surface area contributed by atoms with Crippen LogP contribution < -0.4 is 0 Å². The van der Waals surface area contributed by atoms with Crippen molar-refractivity contribution >= 4 is 40.3 Å². The number of furan rings is 1. The van der Waals surface area contributed by atoms with Crippen molar-refractivity contribution in [2.24, 2.45) is 0 Å². The van der Waals surface area contributed by atoms with Gasteiger partial charge in [0.15, 0.2) is 10.8 Å². The van der Waals surface area contributed by atoms with E-state index in [0.717, 1.165) is 71.1 Å². The number of rotatable bonds is 7. The summed E-state index contributed by atoms with van der Waals surface area (Å²) in [5, 5.41) is 5.05. The molecule has 0 unspecified atom stereocenters. The van der Waals surface area contributed by atoms with Gasteiger partial charge in [0.2, 0.25) is 0 Å². The first-order valence-electron chi connectivity index (χ1n) is 10.3. The van der Waals surface area contributed by atoms with Crippen molar-refractivity contribution < 1.29 is 9.21 Å². The van der Waals surface area contributed by atoms with Crippen molar-refractivity contribution in [3.05, 3.63) is 75.9 Å². The minimum Gasteiger partial charge on any atom is -0.462 e. The van der Waals surface area contributed by atoms with E-state index in [-0.39, 0.29) is 5.91 Å². The van der Waals surface area contributed by atoms with Crippen molar-refractivity contribution in [3.8, 4) is 10.8 Å². The van der Waals surface area contributed by atoms with E-state index in [2.05, 4.69) is 20.6 Å². The van der Waals surface area contributed by atoms with E-state index in [9.17, 15) is 4.79 Å². The first kappa shape index (κ1) is 21.4. The van der Waals surface area contributed by atoms with Gasteiger partial charge in [0.1, 0.15) is 0 Å². The molecule has 0 spiro atoms. The summed E-state index contributed by atoms with van der Waals surface area (Å²) in [4.78, 5) is 27.6. The van der Waals surface area contributed by atoms with E-state index in [1.807, 2.05) is 46.8 Å². The van der Waals surface area contributed by atoms with Crippen LogP contribution in [0.15, 0.2) is 68.2 Å². The molecule has 4 heterocycles. The summed E-state index contributed by atoms with van der Waals surface area (Å²) in [7, 11) is 0. The highest BCUT2D eigenvalue weighted by molar-refractivity contribution is 7.98. The fourth-order valence-corrected chi connectivity index (χ4v) is 6.02. The molecule has 164 valence electrons. The molecule has 0 aliphatic carbocycles. The number of piperazine rings is 1. The lowest BCUT2D eigenvalue weighted by Gasteiger charge is -2.34. The third kappa shape index (κ3) is 4.96. The molecule has 0 atom stereocenters. The third-order valence-electron chi connectivity index (χ3n) is 5.31. The predicted molar refractivity (Wildman–Crippen MR) is 129 cm³/mol. The molecule has 0 radical (unpaired) electrons. The topological polar surface area (TPSA) is 62.5 Å². The van der Waals surface area contributed by atoms with Crippen molar-refractivity contribution in [1.29, 1.82) is 0 Å². The number of thioether (sulfide) groups is 1. The first-order chi connectivity index (χ1) is 15.8. The SMILES string of the molecule is O=C(c1ccccc1SCc1cscn1)N1CCN(Cc2csc(-c3ccco3)n2)CC1. The predicted octanol–water partition coefficient (Wildman–Crippen LogP) is 5.11. The van der Waals surface area contributed by atoms with E-state index in [1.165, 1.54) is 0 Å². The lowest BCUT2D eigenvalue weighted by atomic mass is 10.1. The monoisotopic (exact) mass is 482 g/mol. The molecular formula is C23H22N4O2S3. The summed E-state index contributed by atoms with van der Waals surface area (Å²) in [5.41, 5.74) is 4.72. The Bertz CT molecular complexity index is 1150. The van der Waals surface area contributed by atoms with Crippen LogP contribution >= 0.6 is 34.4 Å². The van der Waals surface area contributed by atoms with Crippen LogP contribution in [0.1, 0.15) is 21.7 Å². The highest BCUT2D eigenvalue weighted by Crippen LogP contribution is 2.28. The molecule has 3 aromatic heterocycles. The van der Waals surface area contributed by atoms with Gasteiger partial charge in [-0.25, -0.2) is 9.97 Å². The van der Waals surface area contributed by atoms with Gasteiger partial charge in [0, 0.05) is 54.1 Å². The van der Waals surface area contributed by atoms with Crippen LogP contribution in [0.4, 0.5) is 0 Å². The third-order valence-corrected chi connectivity index (χ3v) is 7.95. The molecule has 4 aromatic rings. The maximum Gasteiger partial charge on any atom is 0.255 e. The number of amides is 1. The van der Waals surface area contributed by atoms with Gasteiger partial charge in [-0.05, 0) is 24.3 Å². The number of carbonyl (C=O) groups is 1. The number of thiazole rings is 2. The van der Waals surface area contributed by atoms with Crippen LogP contribution in [0, 0.1) is 0 Å². The van der Waals surface area contributed by atoms with E-state index in [0.29, 0.717) is 0 Å². The average Bonchev–Trinajstić information content (AvgIpc) is 3.61. The highest BCUT2D eigenvalue weighted by atomic mass is 32.2. The first-order valence-corrected chi connectivity index (χ1v) is 13.2. The molecule has 1 aliphatic heterocycles. The van der Waals surface area contributed by atoms with Gasteiger partial charge in [-0.2, -0.15) is 0 Å². The number of nitrogens with zero attached hydrogens (tertiary/aromatic N) is 4. The summed E-state index contributed by atoms with van der Waals surface area (Å²) < 4.78 is 5.44. The van der Waals surface area contributed by atoms with Crippen LogP contribution in [-0.4, -0.2) is 51.9 Å². The summed E-state index contributed by atoms with van der Waals surface area (Å²) in [6.07, 6.45) is 1.67.